The summed E-state index contributed by atoms with van der Waals surface area (Å²) in [5.74, 6) is 0. The van der Waals surface area contributed by atoms with Crippen LogP contribution in [0.3, 0.4) is 0 Å². The first-order valence-electron chi connectivity index (χ1n) is 3.54. The molecule has 0 aromatic carbocycles. The summed E-state index contributed by atoms with van der Waals surface area (Å²) in [5, 5.41) is 0. The molecule has 0 aromatic rings. The van der Waals surface area contributed by atoms with E-state index in [0.717, 1.165) is 12.8 Å². The maximum absolute atomic E-state index is 10.7. The van der Waals surface area contributed by atoms with Crippen LogP contribution < -0.4 is 0 Å². The van der Waals surface area contributed by atoms with E-state index in [2.05, 4.69) is 0 Å². The van der Waals surface area contributed by atoms with E-state index in [1.54, 1.807) is 0 Å². The van der Waals surface area contributed by atoms with Gasteiger partial charge in [-0.25, -0.2) is 0 Å². The van der Waals surface area contributed by atoms with Crippen LogP contribution in [0.1, 0.15) is 26.7 Å². The zero-order valence-corrected chi connectivity index (χ0v) is 11.1. The Morgan fingerprint density at radius 3 is 1.73 bits per heavy atom. The summed E-state index contributed by atoms with van der Waals surface area (Å²) in [4.78, 5) is 0. The number of hydrogen-bond donors (Lipinski definition) is 0. The van der Waals surface area contributed by atoms with Crippen molar-refractivity contribution < 1.29 is 33.1 Å². The zero-order valence-electron chi connectivity index (χ0n) is 7.21. The van der Waals surface area contributed by atoms with Gasteiger partial charge in [0.25, 0.3) is 0 Å². The van der Waals surface area contributed by atoms with Crippen molar-refractivity contribution in [2.45, 2.75) is 26.7 Å². The fraction of sp³-hybridized carbons (Fsp3) is 1.00. The van der Waals surface area contributed by atoms with Gasteiger partial charge in [-0.2, -0.15) is 0 Å². The van der Waals surface area contributed by atoms with Gasteiger partial charge in [-0.1, -0.05) is 13.8 Å². The van der Waals surface area contributed by atoms with Gasteiger partial charge in [0.15, 0.2) is 0 Å². The van der Waals surface area contributed by atoms with Gasteiger partial charge in [0.1, 0.15) is 13.2 Å². The van der Waals surface area contributed by atoms with Crippen LogP contribution in [0.15, 0.2) is 0 Å². The summed E-state index contributed by atoms with van der Waals surface area (Å²) in [6.45, 7) is 4.95. The van der Waals surface area contributed by atoms with Crippen LogP contribution in [-0.2, 0) is 33.1 Å². The summed E-state index contributed by atoms with van der Waals surface area (Å²) in [6, 6.07) is 0. The Balaban J connectivity index is 0. The van der Waals surface area contributed by atoms with Crippen LogP contribution in [-0.4, -0.2) is 13.2 Å². The standard InChI is InChI=1S/C6H14O3P.Zn/c1-3-5-8-10(7)9-6-4-2;/h3-6H2,1-2H3;/q+1;. The molecule has 0 amide bonds. The molecule has 0 aliphatic heterocycles. The van der Waals surface area contributed by atoms with Gasteiger partial charge in [0.05, 0.1) is 0 Å². The van der Waals surface area contributed by atoms with Crippen molar-refractivity contribution in [3.05, 3.63) is 0 Å². The van der Waals surface area contributed by atoms with Crippen molar-refractivity contribution in [3.63, 3.8) is 0 Å². The minimum absolute atomic E-state index is 0. The Morgan fingerprint density at radius 1 is 1.09 bits per heavy atom. The zero-order chi connectivity index (χ0) is 7.82. The maximum atomic E-state index is 10.7. The Bertz CT molecular complexity index is 89.8. The Kier molecular flexibility index (Phi) is 13.7. The topological polar surface area (TPSA) is 35.5 Å². The Morgan fingerprint density at radius 2 is 1.45 bits per heavy atom. The van der Waals surface area contributed by atoms with Gasteiger partial charge in [-0.3, -0.25) is 0 Å². The second kappa shape index (κ2) is 10.6. The van der Waals surface area contributed by atoms with Crippen molar-refractivity contribution in [2.75, 3.05) is 13.2 Å². The van der Waals surface area contributed by atoms with E-state index >= 15 is 0 Å². The van der Waals surface area contributed by atoms with E-state index in [-0.39, 0.29) is 19.5 Å². The maximum Gasteiger partial charge on any atom is 0.697 e. The molecule has 0 atom stereocenters. The fourth-order valence-corrected chi connectivity index (χ4v) is 1.11. The number of rotatable bonds is 6. The molecule has 5 heteroatoms. The normalized spacial score (nSPS) is 8.91. The molecule has 0 radical (unpaired) electrons. The molecule has 0 spiro atoms. The summed E-state index contributed by atoms with van der Waals surface area (Å²) in [6.07, 6.45) is 1.74. The van der Waals surface area contributed by atoms with Crippen LogP contribution in [0, 0.1) is 0 Å². The van der Waals surface area contributed by atoms with Crippen molar-refractivity contribution in [3.8, 4) is 0 Å². The quantitative estimate of drug-likeness (QED) is 0.519. The van der Waals surface area contributed by atoms with Crippen LogP contribution >= 0.6 is 8.25 Å². The van der Waals surface area contributed by atoms with Crippen molar-refractivity contribution in [1.82, 2.24) is 0 Å². The average molecular weight is 231 g/mol. The molecular weight excluding hydrogens is 216 g/mol. The molecule has 0 saturated heterocycles. The average Bonchev–Trinajstić information content (AvgIpc) is 1.97. The van der Waals surface area contributed by atoms with E-state index in [0.29, 0.717) is 13.2 Å². The van der Waals surface area contributed by atoms with E-state index < -0.39 is 8.25 Å². The Labute approximate surface area is 81.6 Å². The first-order valence-corrected chi connectivity index (χ1v) is 4.63. The van der Waals surface area contributed by atoms with Crippen molar-refractivity contribution >= 4 is 8.25 Å². The molecule has 0 bridgehead atoms. The van der Waals surface area contributed by atoms with Crippen molar-refractivity contribution in [2.24, 2.45) is 0 Å². The second-order valence-electron chi connectivity index (χ2n) is 1.89. The molecule has 3 nitrogen and oxygen atoms in total. The third-order valence-electron chi connectivity index (χ3n) is 0.802. The van der Waals surface area contributed by atoms with Gasteiger partial charge in [0.2, 0.25) is 0 Å². The van der Waals surface area contributed by atoms with Crippen LogP contribution in [0.4, 0.5) is 0 Å². The van der Waals surface area contributed by atoms with Gasteiger partial charge in [-0.15, -0.1) is 9.05 Å². The molecule has 0 unspecified atom stereocenters. The predicted octanol–water partition coefficient (Wildman–Crippen LogP) is 2.49. The summed E-state index contributed by atoms with van der Waals surface area (Å²) in [5.41, 5.74) is 0. The van der Waals surface area contributed by atoms with Gasteiger partial charge >= 0.3 is 8.25 Å². The molecule has 0 aliphatic rings. The largest absolute Gasteiger partial charge is 0.697 e. The third kappa shape index (κ3) is 10.6. The number of hydrogen-bond acceptors (Lipinski definition) is 3. The van der Waals surface area contributed by atoms with Crippen LogP contribution in [0.5, 0.6) is 0 Å². The molecule has 62 valence electrons. The van der Waals surface area contributed by atoms with Crippen LogP contribution in [0.2, 0.25) is 0 Å². The third-order valence-corrected chi connectivity index (χ3v) is 1.59. The van der Waals surface area contributed by atoms with Gasteiger partial charge in [0, 0.05) is 24.0 Å². The predicted molar refractivity (Wildman–Crippen MR) is 40.1 cm³/mol. The SMILES string of the molecule is CCCO[P+](=O)OCCC.[Zn]. The Hall–Kier alpha value is 0.643. The summed E-state index contributed by atoms with van der Waals surface area (Å²) >= 11 is 0. The smallest absolute Gasteiger partial charge is 0.119 e. The molecule has 0 rings (SSSR count). The monoisotopic (exact) mass is 229 g/mol. The van der Waals surface area contributed by atoms with E-state index in [4.69, 9.17) is 9.05 Å². The molecule has 0 N–H and O–H groups in total. The van der Waals surface area contributed by atoms with Crippen molar-refractivity contribution in [1.29, 1.82) is 0 Å². The molecular formula is C6H14O3PZn+. The molecule has 0 saturated carbocycles. The minimum Gasteiger partial charge on any atom is -0.119 e. The molecule has 0 heterocycles. The molecule has 0 aliphatic carbocycles. The first kappa shape index (κ1) is 14.2. The van der Waals surface area contributed by atoms with Gasteiger partial charge in [-0.05, 0) is 12.8 Å². The molecule has 11 heavy (non-hydrogen) atoms. The second-order valence-corrected chi connectivity index (χ2v) is 2.85. The molecule has 0 fully saturated rings. The fourth-order valence-electron chi connectivity index (χ4n) is 0.369. The first-order chi connectivity index (χ1) is 4.81. The van der Waals surface area contributed by atoms with Gasteiger partial charge < -0.3 is 0 Å². The van der Waals surface area contributed by atoms with E-state index in [1.807, 2.05) is 13.8 Å². The van der Waals surface area contributed by atoms with E-state index in [9.17, 15) is 4.57 Å². The summed E-state index contributed by atoms with van der Waals surface area (Å²) in [7, 11) is -1.84. The van der Waals surface area contributed by atoms with Crippen LogP contribution in [0.25, 0.3) is 0 Å². The summed E-state index contributed by atoms with van der Waals surface area (Å²) < 4.78 is 20.2. The molecule has 0 aromatic heterocycles. The van der Waals surface area contributed by atoms with E-state index in [1.165, 1.54) is 0 Å². The minimum atomic E-state index is -1.84.